The molecule has 34 heteroatoms. The van der Waals surface area contributed by atoms with Crippen molar-refractivity contribution in [3.8, 4) is 0 Å². The lowest BCUT2D eigenvalue weighted by Gasteiger charge is -2.21. The number of hydrogen-bond donors (Lipinski definition) is 12. The number of carboxylic acid groups (broad SMARTS) is 12. The molecule has 0 aliphatic rings. The van der Waals surface area contributed by atoms with E-state index in [0.717, 1.165) is 13.8 Å². The number of aromatic carboxylic acids is 12. The Hall–Kier alpha value is -11.5. The van der Waals surface area contributed by atoms with Gasteiger partial charge in [-0.25, -0.2) is 86.3 Å². The molecule has 0 heterocycles. The maximum atomic E-state index is 14.4. The quantitative estimate of drug-likeness (QED) is 0.0414. The highest BCUT2D eigenvalue weighted by Gasteiger charge is 2.47. The first-order valence-corrected chi connectivity index (χ1v) is 18.6. The number of ether oxygens (including phenoxy) is 4. The van der Waals surface area contributed by atoms with Crippen molar-refractivity contribution in [2.45, 2.75) is 13.8 Å². The van der Waals surface area contributed by atoms with Gasteiger partial charge in [0.15, 0.2) is 0 Å². The first-order chi connectivity index (χ1) is 34.2. The minimum Gasteiger partial charge on any atom is -0.478 e. The summed E-state index contributed by atoms with van der Waals surface area (Å²) in [5.41, 5.74) is -41.5. The largest absolute Gasteiger partial charge is 0.478 e. The SMILES string of the molecule is CCOC(=O)c1c(C(=O)O)c(C(=O)O)c(C(=O)OC(=O)c2c(C(=O)O)c(C(=O)O)c(C(=O)O)c(C(=O)O)c2C(=O)O)c(C(=O)OC(=O)c2c(C(=O)O)c(C(=O)O)c(C(=O)O)c(C(=O)O)c2C(=O)O)c1C(=O)OCC. The zero-order valence-electron chi connectivity index (χ0n) is 35.8. The monoisotopic (exact) mass is 1050 g/mol. The van der Waals surface area contributed by atoms with Gasteiger partial charge in [-0.05, 0) is 13.8 Å². The topological polar surface area (TPSA) is 587 Å². The second-order valence-corrected chi connectivity index (χ2v) is 13.2. The maximum Gasteiger partial charge on any atom is 0.347 e. The van der Waals surface area contributed by atoms with Crippen molar-refractivity contribution in [3.63, 3.8) is 0 Å². The van der Waals surface area contributed by atoms with Crippen LogP contribution in [-0.2, 0) is 18.9 Å². The molecule has 0 amide bonds. The average molecular weight is 1050 g/mol. The van der Waals surface area contributed by atoms with Crippen LogP contribution in [0.25, 0.3) is 0 Å². The lowest BCUT2D eigenvalue weighted by atomic mass is 9.85. The van der Waals surface area contributed by atoms with Crippen LogP contribution < -0.4 is 0 Å². The first-order valence-electron chi connectivity index (χ1n) is 18.6. The van der Waals surface area contributed by atoms with Crippen molar-refractivity contribution in [2.24, 2.45) is 0 Å². The number of carbonyl (C=O) groups excluding carboxylic acids is 6. The number of carbonyl (C=O) groups is 18. The standard InChI is InChI=1S/C40H22O34/c1-3-71-35(65)19-15(33(61)62)16(34(63)64)20(39(69)73-37(67)17-11(29(53)54)7(25(45)46)5(23(41)42)8(26(47)48)12(17)30(55)56)22(21(19)36(66)72-4-2)40(70)74-38(68)18-13(31(57)58)9(27(49)50)6(24(43)44)10(28(51)52)14(18)32(59)60/h3-4H2,1-2H3,(H,41,42)(H,43,44)(H,45,46)(H,47,48)(H,49,50)(H,51,52)(H,53,54)(H,55,56)(H,57,58)(H,59,60)(H,61,62)(H,63,64). The Kier molecular flexibility index (Phi) is 16.5. The number of carboxylic acids is 12. The van der Waals surface area contributed by atoms with Crippen LogP contribution in [0.4, 0.5) is 0 Å². The first kappa shape index (κ1) is 56.8. The lowest BCUT2D eigenvalue weighted by molar-refractivity contribution is 0.0342. The lowest BCUT2D eigenvalue weighted by Crippen LogP contribution is -2.33. The van der Waals surface area contributed by atoms with Gasteiger partial charge in [-0.3, -0.25) is 0 Å². The van der Waals surface area contributed by atoms with Gasteiger partial charge in [0.25, 0.3) is 0 Å². The van der Waals surface area contributed by atoms with Gasteiger partial charge >= 0.3 is 107 Å². The summed E-state index contributed by atoms with van der Waals surface area (Å²) >= 11 is 0. The van der Waals surface area contributed by atoms with Crippen molar-refractivity contribution >= 4 is 107 Å². The molecule has 3 aromatic carbocycles. The molecular weight excluding hydrogens is 1020 g/mol. The molecule has 0 unspecified atom stereocenters. The number of hydrogen-bond acceptors (Lipinski definition) is 22. The highest BCUT2D eigenvalue weighted by molar-refractivity contribution is 6.29. The normalized spacial score (nSPS) is 10.4. The Morgan fingerprint density at radius 1 is 0.216 bits per heavy atom. The third-order valence-corrected chi connectivity index (χ3v) is 9.21. The molecule has 0 aromatic heterocycles. The Labute approximate surface area is 400 Å². The number of esters is 6. The van der Waals surface area contributed by atoms with Gasteiger partial charge < -0.3 is 80.2 Å². The third kappa shape index (κ3) is 9.99. The summed E-state index contributed by atoms with van der Waals surface area (Å²) < 4.78 is 18.1. The van der Waals surface area contributed by atoms with E-state index >= 15 is 0 Å². The van der Waals surface area contributed by atoms with Gasteiger partial charge in [0.2, 0.25) is 0 Å². The van der Waals surface area contributed by atoms with Gasteiger partial charge in [0, 0.05) is 0 Å². The van der Waals surface area contributed by atoms with E-state index in [2.05, 4.69) is 18.9 Å². The zero-order chi connectivity index (χ0) is 57.0. The van der Waals surface area contributed by atoms with Crippen molar-refractivity contribution in [1.29, 1.82) is 0 Å². The molecule has 3 aromatic rings. The van der Waals surface area contributed by atoms with Crippen molar-refractivity contribution in [1.82, 2.24) is 0 Å². The fourth-order valence-corrected chi connectivity index (χ4v) is 6.82. The van der Waals surface area contributed by atoms with E-state index < -0.39 is 221 Å². The third-order valence-electron chi connectivity index (χ3n) is 9.21. The van der Waals surface area contributed by atoms with Gasteiger partial charge in [-0.1, -0.05) is 0 Å². The summed E-state index contributed by atoms with van der Waals surface area (Å²) in [6, 6.07) is 0. The molecule has 74 heavy (non-hydrogen) atoms. The Bertz CT molecular complexity index is 3160. The van der Waals surface area contributed by atoms with Gasteiger partial charge in [0.05, 0.1) is 113 Å². The minimum atomic E-state index is -3.09. The minimum absolute atomic E-state index is 0.894. The van der Waals surface area contributed by atoms with Gasteiger partial charge in [-0.2, -0.15) is 0 Å². The van der Waals surface area contributed by atoms with Crippen LogP contribution in [0.1, 0.15) is 200 Å². The molecule has 0 saturated heterocycles. The Morgan fingerprint density at radius 2 is 0.324 bits per heavy atom. The van der Waals surface area contributed by atoms with E-state index in [0.29, 0.717) is 0 Å². The van der Waals surface area contributed by atoms with Crippen LogP contribution in [-0.4, -0.2) is 182 Å². The second-order valence-electron chi connectivity index (χ2n) is 13.2. The van der Waals surface area contributed by atoms with Crippen molar-refractivity contribution < 1.29 is 167 Å². The van der Waals surface area contributed by atoms with E-state index in [1.54, 1.807) is 0 Å². The molecule has 34 nitrogen and oxygen atoms in total. The highest BCUT2D eigenvalue weighted by Crippen LogP contribution is 2.36. The van der Waals surface area contributed by atoms with E-state index in [4.69, 9.17) is 0 Å². The number of rotatable bonds is 20. The summed E-state index contributed by atoms with van der Waals surface area (Å²) in [6.45, 7) is -0.0290. The zero-order valence-corrected chi connectivity index (χ0v) is 35.8. The van der Waals surface area contributed by atoms with Crippen LogP contribution in [0, 0.1) is 0 Å². The molecule has 0 fully saturated rings. The summed E-state index contributed by atoms with van der Waals surface area (Å²) in [6.07, 6.45) is 0. The summed E-state index contributed by atoms with van der Waals surface area (Å²) in [5, 5.41) is 119. The van der Waals surface area contributed by atoms with Gasteiger partial charge in [0.1, 0.15) is 0 Å². The predicted molar refractivity (Wildman–Crippen MR) is 214 cm³/mol. The smallest absolute Gasteiger partial charge is 0.347 e. The van der Waals surface area contributed by atoms with Crippen molar-refractivity contribution in [2.75, 3.05) is 13.2 Å². The second kappa shape index (κ2) is 21.4. The van der Waals surface area contributed by atoms with E-state index in [1.165, 1.54) is 0 Å². The van der Waals surface area contributed by atoms with Crippen LogP contribution >= 0.6 is 0 Å². The van der Waals surface area contributed by atoms with E-state index in [1.807, 2.05) is 0 Å². The fourth-order valence-electron chi connectivity index (χ4n) is 6.82. The molecule has 0 radical (unpaired) electrons. The van der Waals surface area contributed by atoms with Gasteiger partial charge in [-0.15, -0.1) is 0 Å². The molecule has 386 valence electrons. The molecular formula is C40H22O34. The molecule has 0 aliphatic heterocycles. The summed E-state index contributed by atoms with van der Waals surface area (Å²) in [7, 11) is 0. The van der Waals surface area contributed by atoms with E-state index in [-0.39, 0.29) is 0 Å². The number of benzene rings is 3. The molecule has 0 saturated carbocycles. The summed E-state index contributed by atoms with van der Waals surface area (Å²) in [4.78, 5) is 233. The highest BCUT2D eigenvalue weighted by atomic mass is 16.6. The van der Waals surface area contributed by atoms with Crippen LogP contribution in [0.5, 0.6) is 0 Å². The van der Waals surface area contributed by atoms with E-state index in [9.17, 15) is 148 Å². The maximum absolute atomic E-state index is 14.4. The van der Waals surface area contributed by atoms with Crippen LogP contribution in [0.3, 0.4) is 0 Å². The molecule has 0 aliphatic carbocycles. The fraction of sp³-hybridized carbons (Fsp3) is 0.100. The predicted octanol–water partition coefficient (Wildman–Crippen LogP) is 0.413. The van der Waals surface area contributed by atoms with Crippen LogP contribution in [0.2, 0.25) is 0 Å². The molecule has 0 atom stereocenters. The average Bonchev–Trinajstić information content (AvgIpc) is 3.27. The molecule has 0 spiro atoms. The summed E-state index contributed by atoms with van der Waals surface area (Å²) in [5.74, 6) is -50.3. The Balaban J connectivity index is 2.85. The molecule has 3 rings (SSSR count). The van der Waals surface area contributed by atoms with Crippen LogP contribution in [0.15, 0.2) is 0 Å². The molecule has 0 bridgehead atoms. The molecule has 12 N–H and O–H groups in total. The Morgan fingerprint density at radius 3 is 0.473 bits per heavy atom. The van der Waals surface area contributed by atoms with Crippen molar-refractivity contribution in [3.05, 3.63) is 100 Å².